The number of anilines is 1. The molecule has 0 saturated carbocycles. The van der Waals surface area contributed by atoms with Gasteiger partial charge in [0.1, 0.15) is 0 Å². The predicted molar refractivity (Wildman–Crippen MR) is 116 cm³/mol. The van der Waals surface area contributed by atoms with Crippen LogP contribution in [0.5, 0.6) is 0 Å². The number of benzene rings is 1. The highest BCUT2D eigenvalue weighted by Gasteiger charge is 2.35. The van der Waals surface area contributed by atoms with E-state index in [0.29, 0.717) is 30.8 Å². The zero-order chi connectivity index (χ0) is 22.1. The van der Waals surface area contributed by atoms with Crippen LogP contribution in [0.4, 0.5) is 5.69 Å². The van der Waals surface area contributed by atoms with E-state index in [4.69, 9.17) is 4.42 Å². The highest BCUT2D eigenvalue weighted by molar-refractivity contribution is 7.99. The number of nitrogens with zero attached hydrogens (tertiary/aromatic N) is 3. The second kappa shape index (κ2) is 8.91. The molecule has 0 bridgehead atoms. The molecule has 9 nitrogen and oxygen atoms in total. The van der Waals surface area contributed by atoms with Crippen molar-refractivity contribution in [3.8, 4) is 0 Å². The number of rotatable bonds is 7. The SMILES string of the molecule is O=C(CSc1nnc(CC2CCS(=O)(=O)C2)o1)N(c1ccccc1)C1CCS(=O)(=O)C1. The standard InChI is InChI=1S/C19H23N3O6S3/c23-18(22(15-4-2-1-3-5-15)16-7-9-31(26,27)13-16)11-29-19-21-20-17(28-19)10-14-6-8-30(24,25)12-14/h1-5,14,16H,6-13H2. The molecular weight excluding hydrogens is 462 g/mol. The first kappa shape index (κ1) is 22.3. The van der Waals surface area contributed by atoms with Gasteiger partial charge in [0.05, 0.1) is 34.8 Å². The normalized spacial score (nSPS) is 24.3. The van der Waals surface area contributed by atoms with E-state index in [-0.39, 0.29) is 45.8 Å². The summed E-state index contributed by atoms with van der Waals surface area (Å²) in [5.74, 6) is 0.464. The number of carbonyl (C=O) groups is 1. The van der Waals surface area contributed by atoms with Crippen LogP contribution < -0.4 is 4.90 Å². The Morgan fingerprint density at radius 2 is 1.74 bits per heavy atom. The molecule has 0 aliphatic carbocycles. The predicted octanol–water partition coefficient (Wildman–Crippen LogP) is 1.36. The number of carbonyl (C=O) groups excluding carboxylic acids is 1. The van der Waals surface area contributed by atoms with Crippen molar-refractivity contribution in [2.75, 3.05) is 33.7 Å². The molecule has 2 aliphatic rings. The third kappa shape index (κ3) is 5.66. The molecule has 2 aromatic rings. The van der Waals surface area contributed by atoms with E-state index in [0.717, 1.165) is 11.8 Å². The summed E-state index contributed by atoms with van der Waals surface area (Å²) in [4.78, 5) is 14.6. The molecule has 12 heteroatoms. The zero-order valence-electron chi connectivity index (χ0n) is 16.7. The highest BCUT2D eigenvalue weighted by atomic mass is 32.2. The fourth-order valence-corrected chi connectivity index (χ4v) is 8.18. The van der Waals surface area contributed by atoms with Gasteiger partial charge in [0.15, 0.2) is 19.7 Å². The van der Waals surface area contributed by atoms with Crippen LogP contribution in [0.3, 0.4) is 0 Å². The van der Waals surface area contributed by atoms with Crippen molar-refractivity contribution in [2.45, 2.75) is 30.5 Å². The molecule has 3 heterocycles. The Hall–Kier alpha value is -1.92. The Morgan fingerprint density at radius 1 is 1.03 bits per heavy atom. The third-order valence-electron chi connectivity index (χ3n) is 5.43. The molecule has 2 unspecified atom stereocenters. The van der Waals surface area contributed by atoms with Crippen molar-refractivity contribution in [1.82, 2.24) is 10.2 Å². The molecule has 168 valence electrons. The van der Waals surface area contributed by atoms with E-state index >= 15 is 0 Å². The summed E-state index contributed by atoms with van der Waals surface area (Å²) >= 11 is 1.09. The van der Waals surface area contributed by atoms with Gasteiger partial charge in [-0.2, -0.15) is 0 Å². The van der Waals surface area contributed by atoms with Gasteiger partial charge in [0, 0.05) is 12.1 Å². The van der Waals surface area contributed by atoms with Crippen LogP contribution in [0.2, 0.25) is 0 Å². The zero-order valence-corrected chi connectivity index (χ0v) is 19.2. The van der Waals surface area contributed by atoms with Crippen molar-refractivity contribution in [1.29, 1.82) is 0 Å². The molecule has 2 aliphatic heterocycles. The van der Waals surface area contributed by atoms with Crippen LogP contribution in [-0.2, 0) is 30.9 Å². The first-order valence-electron chi connectivity index (χ1n) is 9.94. The molecule has 0 N–H and O–H groups in total. The van der Waals surface area contributed by atoms with Crippen LogP contribution >= 0.6 is 11.8 Å². The van der Waals surface area contributed by atoms with Crippen molar-refractivity contribution in [3.05, 3.63) is 36.2 Å². The number of amides is 1. The minimum Gasteiger partial charge on any atom is -0.416 e. The fourth-order valence-electron chi connectivity index (χ4n) is 3.98. The number of para-hydroxylation sites is 1. The van der Waals surface area contributed by atoms with Gasteiger partial charge < -0.3 is 9.32 Å². The molecule has 1 aromatic carbocycles. The Kier molecular flexibility index (Phi) is 6.40. The van der Waals surface area contributed by atoms with E-state index in [1.807, 2.05) is 6.07 Å². The molecule has 2 fully saturated rings. The first-order valence-corrected chi connectivity index (χ1v) is 14.6. The van der Waals surface area contributed by atoms with Crippen molar-refractivity contribution in [2.24, 2.45) is 5.92 Å². The van der Waals surface area contributed by atoms with Crippen LogP contribution in [-0.4, -0.2) is 67.7 Å². The van der Waals surface area contributed by atoms with E-state index in [9.17, 15) is 21.6 Å². The van der Waals surface area contributed by atoms with Gasteiger partial charge in [0.2, 0.25) is 11.8 Å². The largest absolute Gasteiger partial charge is 0.416 e. The lowest BCUT2D eigenvalue weighted by atomic mass is 10.1. The number of sulfone groups is 2. The Morgan fingerprint density at radius 3 is 2.39 bits per heavy atom. The molecule has 2 saturated heterocycles. The van der Waals surface area contributed by atoms with E-state index in [2.05, 4.69) is 10.2 Å². The van der Waals surface area contributed by atoms with Crippen LogP contribution in [0.1, 0.15) is 18.7 Å². The molecule has 1 aromatic heterocycles. The number of aromatic nitrogens is 2. The van der Waals surface area contributed by atoms with Gasteiger partial charge in [-0.3, -0.25) is 4.79 Å². The lowest BCUT2D eigenvalue weighted by Gasteiger charge is -2.28. The van der Waals surface area contributed by atoms with Crippen molar-refractivity contribution >= 4 is 43.0 Å². The van der Waals surface area contributed by atoms with Crippen molar-refractivity contribution < 1.29 is 26.0 Å². The highest BCUT2D eigenvalue weighted by Crippen LogP contribution is 2.27. The Balaban J connectivity index is 1.40. The fraction of sp³-hybridized carbons (Fsp3) is 0.526. The summed E-state index contributed by atoms with van der Waals surface area (Å²) < 4.78 is 52.7. The molecular formula is C19H23N3O6S3. The van der Waals surface area contributed by atoms with Gasteiger partial charge in [-0.1, -0.05) is 30.0 Å². The summed E-state index contributed by atoms with van der Waals surface area (Å²) in [6.45, 7) is 0. The Labute approximate surface area is 185 Å². The smallest absolute Gasteiger partial charge is 0.277 e. The van der Waals surface area contributed by atoms with Crippen molar-refractivity contribution in [3.63, 3.8) is 0 Å². The number of hydrogen-bond acceptors (Lipinski definition) is 9. The molecule has 2 atom stereocenters. The maximum Gasteiger partial charge on any atom is 0.277 e. The van der Waals surface area contributed by atoms with Gasteiger partial charge in [-0.25, -0.2) is 16.8 Å². The minimum atomic E-state index is -3.15. The van der Waals surface area contributed by atoms with Gasteiger partial charge in [-0.15, -0.1) is 10.2 Å². The van der Waals surface area contributed by atoms with Crippen LogP contribution in [0, 0.1) is 5.92 Å². The van der Waals surface area contributed by atoms with E-state index in [1.165, 1.54) is 0 Å². The molecule has 0 radical (unpaired) electrons. The average molecular weight is 486 g/mol. The average Bonchev–Trinajstić information content (AvgIpc) is 3.40. The van der Waals surface area contributed by atoms with Gasteiger partial charge in [-0.05, 0) is 30.9 Å². The summed E-state index contributed by atoms with van der Waals surface area (Å²) in [5, 5.41) is 8.15. The Bertz CT molecular complexity index is 1150. The number of hydrogen-bond donors (Lipinski definition) is 0. The maximum absolute atomic E-state index is 13.0. The van der Waals surface area contributed by atoms with Crippen LogP contribution in [0.25, 0.3) is 0 Å². The summed E-state index contributed by atoms with van der Waals surface area (Å²) in [6.07, 6.45) is 1.39. The quantitative estimate of drug-likeness (QED) is 0.534. The summed E-state index contributed by atoms with van der Waals surface area (Å²) in [5.41, 5.74) is 0.656. The second-order valence-corrected chi connectivity index (χ2v) is 13.3. The second-order valence-electron chi connectivity index (χ2n) is 7.88. The topological polar surface area (TPSA) is 128 Å². The maximum atomic E-state index is 13.0. The summed E-state index contributed by atoms with van der Waals surface area (Å²) in [7, 11) is -6.12. The van der Waals surface area contributed by atoms with Crippen LogP contribution in [0.15, 0.2) is 40.0 Å². The molecule has 31 heavy (non-hydrogen) atoms. The summed E-state index contributed by atoms with van der Waals surface area (Å²) in [6, 6.07) is 8.62. The lowest BCUT2D eigenvalue weighted by Crippen LogP contribution is -2.42. The lowest BCUT2D eigenvalue weighted by molar-refractivity contribution is -0.116. The monoisotopic (exact) mass is 485 g/mol. The first-order chi connectivity index (χ1) is 14.7. The molecule has 4 rings (SSSR count). The molecule has 0 spiro atoms. The third-order valence-corrected chi connectivity index (χ3v) is 9.82. The molecule has 1 amide bonds. The van der Waals surface area contributed by atoms with Gasteiger partial charge in [0.25, 0.3) is 5.22 Å². The van der Waals surface area contributed by atoms with E-state index < -0.39 is 25.7 Å². The minimum absolute atomic E-state index is 0.0187. The van der Waals surface area contributed by atoms with Gasteiger partial charge >= 0.3 is 0 Å². The number of thioether (sulfide) groups is 1. The van der Waals surface area contributed by atoms with E-state index in [1.54, 1.807) is 29.2 Å².